The first-order chi connectivity index (χ1) is 8.86. The van der Waals surface area contributed by atoms with Gasteiger partial charge in [0.05, 0.1) is 6.20 Å². The molecule has 0 fully saturated rings. The van der Waals surface area contributed by atoms with E-state index in [0.717, 1.165) is 12.4 Å². The van der Waals surface area contributed by atoms with E-state index in [9.17, 15) is 18.0 Å². The molecule has 9 heteroatoms. The number of aliphatic hydroxyl groups is 1. The number of aliphatic hydroxyl groups excluding tert-OH is 1. The number of amides is 1. The predicted molar refractivity (Wildman–Crippen MR) is 57.3 cm³/mol. The monoisotopic (exact) mass is 274 g/mol. The van der Waals surface area contributed by atoms with E-state index < -0.39 is 24.4 Å². The van der Waals surface area contributed by atoms with Gasteiger partial charge in [-0.1, -0.05) is 0 Å². The second-order valence-electron chi connectivity index (χ2n) is 3.76. The summed E-state index contributed by atoms with van der Waals surface area (Å²) in [5.41, 5.74) is 3.29. The van der Waals surface area contributed by atoms with Crippen LogP contribution in [0, 0.1) is 0 Å². The highest BCUT2D eigenvalue weighted by Crippen LogP contribution is 2.32. The lowest BCUT2D eigenvalue weighted by Gasteiger charge is -2.13. The fraction of sp³-hybridized carbons (Fsp3) is 0.300. The molecule has 2 aromatic heterocycles. The van der Waals surface area contributed by atoms with E-state index in [1.54, 1.807) is 0 Å². The first-order valence-electron chi connectivity index (χ1n) is 5.19. The molecule has 19 heavy (non-hydrogen) atoms. The number of alkyl halides is 3. The van der Waals surface area contributed by atoms with Gasteiger partial charge in [0.15, 0.2) is 11.3 Å². The Kier molecular flexibility index (Phi) is 3.14. The Bertz CT molecular complexity index is 635. The number of aromatic nitrogens is 3. The molecule has 0 saturated heterocycles. The number of fused-ring (bicyclic) bond motifs is 1. The number of hydrogen-bond donors (Lipinski definition) is 2. The van der Waals surface area contributed by atoms with E-state index in [4.69, 9.17) is 10.8 Å². The van der Waals surface area contributed by atoms with Crippen LogP contribution in [-0.2, 0) is 12.6 Å². The molecular formula is C10H9F3N4O2. The quantitative estimate of drug-likeness (QED) is 0.846. The van der Waals surface area contributed by atoms with Crippen molar-refractivity contribution in [3.05, 3.63) is 29.2 Å². The highest BCUT2D eigenvalue weighted by atomic mass is 19.4. The number of carbonyl (C=O) groups is 1. The lowest BCUT2D eigenvalue weighted by Crippen LogP contribution is -2.18. The van der Waals surface area contributed by atoms with Gasteiger partial charge in [-0.05, 0) is 6.42 Å². The fourth-order valence-electron chi connectivity index (χ4n) is 1.75. The second-order valence-corrected chi connectivity index (χ2v) is 3.76. The van der Waals surface area contributed by atoms with Crippen LogP contribution in [0.4, 0.5) is 13.2 Å². The third-order valence-corrected chi connectivity index (χ3v) is 2.52. The van der Waals surface area contributed by atoms with Crippen LogP contribution in [0.1, 0.15) is 21.6 Å². The van der Waals surface area contributed by atoms with Crippen molar-refractivity contribution in [1.82, 2.24) is 14.6 Å². The third kappa shape index (κ3) is 2.24. The molecule has 2 aromatic rings. The number of nitrogens with zero attached hydrogens (tertiary/aromatic N) is 3. The average Bonchev–Trinajstić information content (AvgIpc) is 2.70. The van der Waals surface area contributed by atoms with E-state index >= 15 is 0 Å². The standard InChI is InChI=1S/C10H9F3N4O2/c11-10(12,13)7-5(1-2-18)3-15-9-6(8(14)19)4-16-17(7)9/h3-4,18H,1-2H2,(H2,14,19). The van der Waals surface area contributed by atoms with E-state index in [1.807, 2.05) is 0 Å². The minimum Gasteiger partial charge on any atom is -0.396 e. The fourth-order valence-corrected chi connectivity index (χ4v) is 1.75. The molecule has 0 aliphatic rings. The Hall–Kier alpha value is -2.16. The topological polar surface area (TPSA) is 93.5 Å². The van der Waals surface area contributed by atoms with Gasteiger partial charge in [-0.3, -0.25) is 4.79 Å². The molecule has 0 spiro atoms. The number of halogens is 3. The van der Waals surface area contributed by atoms with Crippen LogP contribution in [0.2, 0.25) is 0 Å². The van der Waals surface area contributed by atoms with Crippen LogP contribution < -0.4 is 5.73 Å². The molecule has 0 saturated carbocycles. The molecule has 2 heterocycles. The summed E-state index contributed by atoms with van der Waals surface area (Å²) in [7, 11) is 0. The smallest absolute Gasteiger partial charge is 0.396 e. The van der Waals surface area contributed by atoms with Crippen molar-refractivity contribution in [2.75, 3.05) is 6.61 Å². The molecule has 0 aliphatic heterocycles. The maximum atomic E-state index is 13.0. The zero-order chi connectivity index (χ0) is 14.2. The molecule has 0 atom stereocenters. The van der Waals surface area contributed by atoms with E-state index in [1.165, 1.54) is 0 Å². The van der Waals surface area contributed by atoms with Crippen molar-refractivity contribution in [1.29, 1.82) is 0 Å². The summed E-state index contributed by atoms with van der Waals surface area (Å²) in [5, 5.41) is 12.3. The maximum Gasteiger partial charge on any atom is 0.433 e. The maximum absolute atomic E-state index is 13.0. The summed E-state index contributed by atoms with van der Waals surface area (Å²) < 4.78 is 39.6. The summed E-state index contributed by atoms with van der Waals surface area (Å²) in [6.07, 6.45) is -3.01. The van der Waals surface area contributed by atoms with Crippen molar-refractivity contribution in [2.24, 2.45) is 5.73 Å². The van der Waals surface area contributed by atoms with Gasteiger partial charge in [-0.25, -0.2) is 9.50 Å². The SMILES string of the molecule is NC(=O)c1cnn2c(C(F)(F)F)c(CCO)cnc12. The Morgan fingerprint density at radius 3 is 2.63 bits per heavy atom. The van der Waals surface area contributed by atoms with Gasteiger partial charge in [0.25, 0.3) is 5.91 Å². The summed E-state index contributed by atoms with van der Waals surface area (Å²) in [6, 6.07) is 0. The Balaban J connectivity index is 2.78. The van der Waals surface area contributed by atoms with Crippen LogP contribution >= 0.6 is 0 Å². The van der Waals surface area contributed by atoms with Crippen LogP contribution in [0.3, 0.4) is 0 Å². The van der Waals surface area contributed by atoms with E-state index in [-0.39, 0.29) is 23.2 Å². The van der Waals surface area contributed by atoms with Crippen molar-refractivity contribution in [3.8, 4) is 0 Å². The van der Waals surface area contributed by atoms with Crippen LogP contribution in [0.15, 0.2) is 12.4 Å². The summed E-state index contributed by atoms with van der Waals surface area (Å²) in [6.45, 7) is -0.458. The van der Waals surface area contributed by atoms with Gasteiger partial charge >= 0.3 is 6.18 Å². The normalized spacial score (nSPS) is 12.0. The Labute approximate surface area is 104 Å². The lowest BCUT2D eigenvalue weighted by molar-refractivity contribution is -0.143. The number of rotatable bonds is 3. The molecule has 1 amide bonds. The minimum absolute atomic E-state index is 0.193. The van der Waals surface area contributed by atoms with Gasteiger partial charge in [0.1, 0.15) is 5.56 Å². The van der Waals surface area contributed by atoms with Gasteiger partial charge in [-0.2, -0.15) is 18.3 Å². The van der Waals surface area contributed by atoms with Crippen molar-refractivity contribution in [2.45, 2.75) is 12.6 Å². The van der Waals surface area contributed by atoms with Crippen molar-refractivity contribution in [3.63, 3.8) is 0 Å². The lowest BCUT2D eigenvalue weighted by atomic mass is 10.1. The second kappa shape index (κ2) is 4.50. The van der Waals surface area contributed by atoms with Gasteiger partial charge in [-0.15, -0.1) is 0 Å². The number of nitrogens with two attached hydrogens (primary N) is 1. The van der Waals surface area contributed by atoms with Gasteiger partial charge in [0.2, 0.25) is 0 Å². The molecular weight excluding hydrogens is 265 g/mol. The molecule has 0 aromatic carbocycles. The molecule has 2 rings (SSSR count). The Morgan fingerprint density at radius 2 is 2.11 bits per heavy atom. The summed E-state index contributed by atoms with van der Waals surface area (Å²) >= 11 is 0. The first-order valence-corrected chi connectivity index (χ1v) is 5.19. The third-order valence-electron chi connectivity index (χ3n) is 2.52. The van der Waals surface area contributed by atoms with Gasteiger partial charge < -0.3 is 10.8 Å². The van der Waals surface area contributed by atoms with E-state index in [2.05, 4.69) is 10.1 Å². The zero-order valence-electron chi connectivity index (χ0n) is 9.48. The van der Waals surface area contributed by atoms with Crippen molar-refractivity contribution >= 4 is 11.6 Å². The average molecular weight is 274 g/mol. The van der Waals surface area contributed by atoms with Crippen LogP contribution in [0.5, 0.6) is 0 Å². The molecule has 6 nitrogen and oxygen atoms in total. The van der Waals surface area contributed by atoms with Crippen molar-refractivity contribution < 1.29 is 23.1 Å². The predicted octanol–water partition coefficient (Wildman–Crippen LogP) is 0.382. The first kappa shape index (κ1) is 13.3. The number of carbonyl (C=O) groups excluding carboxylic acids is 1. The molecule has 102 valence electrons. The van der Waals surface area contributed by atoms with E-state index in [0.29, 0.717) is 4.52 Å². The summed E-state index contributed by atoms with van der Waals surface area (Å²) in [4.78, 5) is 14.8. The molecule has 0 radical (unpaired) electrons. The molecule has 3 N–H and O–H groups in total. The minimum atomic E-state index is -4.69. The molecule has 0 unspecified atom stereocenters. The zero-order valence-corrected chi connectivity index (χ0v) is 9.48. The Morgan fingerprint density at radius 1 is 1.42 bits per heavy atom. The number of hydrogen-bond acceptors (Lipinski definition) is 4. The highest BCUT2D eigenvalue weighted by Gasteiger charge is 2.37. The molecule has 0 aliphatic carbocycles. The highest BCUT2D eigenvalue weighted by molar-refractivity contribution is 5.98. The molecule has 0 bridgehead atoms. The van der Waals surface area contributed by atoms with Crippen LogP contribution in [-0.4, -0.2) is 32.2 Å². The largest absolute Gasteiger partial charge is 0.433 e. The summed E-state index contributed by atoms with van der Waals surface area (Å²) in [5.74, 6) is -0.912. The number of primary amides is 1. The van der Waals surface area contributed by atoms with Gasteiger partial charge in [0, 0.05) is 18.4 Å². The van der Waals surface area contributed by atoms with Crippen LogP contribution in [0.25, 0.3) is 5.65 Å².